The van der Waals surface area contributed by atoms with Crippen molar-refractivity contribution < 1.29 is 0 Å². The maximum absolute atomic E-state index is 8.85. The van der Waals surface area contributed by atoms with E-state index in [4.69, 9.17) is 5.26 Å². The van der Waals surface area contributed by atoms with Gasteiger partial charge >= 0.3 is 0 Å². The smallest absolute Gasteiger partial charge is 0.0635 e. The molecule has 1 aliphatic rings. The second-order valence-corrected chi connectivity index (χ2v) is 8.30. The third-order valence-electron chi connectivity index (χ3n) is 3.50. The lowest BCUT2D eigenvalue weighted by Gasteiger charge is -2.36. The van der Waals surface area contributed by atoms with Crippen molar-refractivity contribution in [3.05, 3.63) is 33.4 Å². The van der Waals surface area contributed by atoms with Gasteiger partial charge in [-0.15, -0.1) is 0 Å². The van der Waals surface area contributed by atoms with E-state index < -0.39 is 0 Å². The lowest BCUT2D eigenvalue weighted by Crippen LogP contribution is -2.40. The fraction of sp³-hybridized carbons (Fsp3) is 0.500. The van der Waals surface area contributed by atoms with E-state index in [2.05, 4.69) is 80.4 Å². The molecule has 1 aliphatic heterocycles. The molecule has 4 heteroatoms. The van der Waals surface area contributed by atoms with Crippen LogP contribution in [0.3, 0.4) is 0 Å². The predicted molar refractivity (Wildman–Crippen MR) is 90.7 cm³/mol. The zero-order valence-electron chi connectivity index (χ0n) is 10.2. The number of alkyl halides is 1. The number of piperidine rings is 1. The van der Waals surface area contributed by atoms with Crippen molar-refractivity contribution in [3.8, 4) is 6.07 Å². The van der Waals surface area contributed by atoms with Gasteiger partial charge in [-0.1, -0.05) is 40.8 Å². The van der Waals surface area contributed by atoms with Gasteiger partial charge in [0.15, 0.2) is 0 Å². The number of hydrogen-bond acceptors (Lipinski definition) is 2. The average molecular weight is 466 g/mol. The van der Waals surface area contributed by atoms with Crippen molar-refractivity contribution >= 4 is 45.2 Å². The lowest BCUT2D eigenvalue weighted by molar-refractivity contribution is 0.199. The largest absolute Gasteiger partial charge is 0.299 e. The summed E-state index contributed by atoms with van der Waals surface area (Å²) in [4.78, 5) is 2.51. The van der Waals surface area contributed by atoms with E-state index in [9.17, 15) is 0 Å². The zero-order valence-corrected chi connectivity index (χ0v) is 14.5. The third kappa shape index (κ3) is 3.81. The molecule has 1 aromatic carbocycles. The van der Waals surface area contributed by atoms with E-state index in [0.29, 0.717) is 6.42 Å². The predicted octanol–water partition coefficient (Wildman–Crippen LogP) is 3.97. The van der Waals surface area contributed by atoms with Crippen molar-refractivity contribution in [2.24, 2.45) is 0 Å². The Kier molecular flexibility index (Phi) is 5.27. The van der Waals surface area contributed by atoms with E-state index in [1.165, 1.54) is 9.13 Å². The van der Waals surface area contributed by atoms with Gasteiger partial charge < -0.3 is 0 Å². The van der Waals surface area contributed by atoms with Crippen LogP contribution in [0.2, 0.25) is 0 Å². The first-order valence-corrected chi connectivity index (χ1v) is 8.30. The second-order valence-electron chi connectivity index (χ2n) is 4.85. The van der Waals surface area contributed by atoms with Crippen LogP contribution in [0.15, 0.2) is 24.3 Å². The minimum absolute atomic E-state index is 0.215. The third-order valence-corrected chi connectivity index (χ3v) is 6.01. The van der Waals surface area contributed by atoms with Gasteiger partial charge in [0.1, 0.15) is 0 Å². The number of nitriles is 1. The Bertz CT molecular complexity index is 445. The fourth-order valence-electron chi connectivity index (χ4n) is 2.30. The van der Waals surface area contributed by atoms with Crippen molar-refractivity contribution in [1.82, 2.24) is 4.90 Å². The first-order valence-electron chi connectivity index (χ1n) is 6.15. The van der Waals surface area contributed by atoms with Crippen LogP contribution in [-0.4, -0.2) is 21.4 Å². The van der Waals surface area contributed by atoms with Crippen molar-refractivity contribution in [2.75, 3.05) is 13.1 Å². The number of nitrogens with zero attached hydrogens (tertiary/aromatic N) is 2. The second kappa shape index (κ2) is 6.53. The Balaban J connectivity index is 1.92. The molecule has 0 amide bonds. The summed E-state index contributed by atoms with van der Waals surface area (Å²) in [6.07, 6.45) is 2.94. The van der Waals surface area contributed by atoms with Gasteiger partial charge in [0.25, 0.3) is 0 Å². The number of rotatable bonds is 3. The standard InChI is InChI=1S/C14H16I2N2/c15-13-4-2-1-3-12(13)11-18-9-6-14(16,5-8-17)7-10-18/h1-4H,5-7,9-11H2. The summed E-state index contributed by atoms with van der Waals surface area (Å²) >= 11 is 4.89. The van der Waals surface area contributed by atoms with E-state index in [-0.39, 0.29) is 3.42 Å². The quantitative estimate of drug-likeness (QED) is 0.498. The SMILES string of the molecule is N#CCC1(I)CCN(Cc2ccccc2I)CC1. The Morgan fingerprint density at radius 2 is 1.94 bits per heavy atom. The van der Waals surface area contributed by atoms with Crippen LogP contribution in [0.5, 0.6) is 0 Å². The molecule has 2 rings (SSSR count). The van der Waals surface area contributed by atoms with E-state index in [1.54, 1.807) is 0 Å². The molecule has 0 radical (unpaired) electrons. The molecule has 96 valence electrons. The highest BCUT2D eigenvalue weighted by Crippen LogP contribution is 2.35. The summed E-state index contributed by atoms with van der Waals surface area (Å²) in [7, 11) is 0. The van der Waals surface area contributed by atoms with Crippen LogP contribution >= 0.6 is 45.2 Å². The van der Waals surface area contributed by atoms with E-state index >= 15 is 0 Å². The van der Waals surface area contributed by atoms with Gasteiger partial charge in [-0.3, -0.25) is 4.90 Å². The maximum Gasteiger partial charge on any atom is 0.0635 e. The number of halogens is 2. The van der Waals surface area contributed by atoms with E-state index in [1.807, 2.05) is 0 Å². The Hall–Kier alpha value is 0.130. The molecule has 1 aromatic rings. The molecule has 0 aromatic heterocycles. The highest BCUT2D eigenvalue weighted by atomic mass is 127. The molecule has 0 unspecified atom stereocenters. The Morgan fingerprint density at radius 1 is 1.28 bits per heavy atom. The van der Waals surface area contributed by atoms with Gasteiger partial charge in [-0.25, -0.2) is 0 Å². The summed E-state index contributed by atoms with van der Waals surface area (Å²) in [5, 5.41) is 8.85. The monoisotopic (exact) mass is 466 g/mol. The normalized spacial score (nSPS) is 19.4. The van der Waals surface area contributed by atoms with Crippen molar-refractivity contribution in [2.45, 2.75) is 29.2 Å². The average Bonchev–Trinajstić information content (AvgIpc) is 2.35. The van der Waals surface area contributed by atoms with Crippen LogP contribution in [0.25, 0.3) is 0 Å². The Labute approximate surface area is 136 Å². The van der Waals surface area contributed by atoms with Crippen LogP contribution in [-0.2, 0) is 6.54 Å². The minimum atomic E-state index is 0.215. The molecular weight excluding hydrogens is 450 g/mol. The van der Waals surface area contributed by atoms with Gasteiger partial charge in [-0.2, -0.15) is 5.26 Å². The molecule has 1 saturated heterocycles. The topological polar surface area (TPSA) is 27.0 Å². The van der Waals surface area contributed by atoms with Crippen LogP contribution in [0.4, 0.5) is 0 Å². The molecule has 2 nitrogen and oxygen atoms in total. The molecule has 0 aliphatic carbocycles. The first-order chi connectivity index (χ1) is 8.63. The number of likely N-dealkylation sites (tertiary alicyclic amines) is 1. The molecule has 0 saturated carbocycles. The van der Waals surface area contributed by atoms with Gasteiger partial charge in [0.05, 0.1) is 6.07 Å². The highest BCUT2D eigenvalue weighted by molar-refractivity contribution is 14.1. The van der Waals surface area contributed by atoms with Gasteiger partial charge in [0.2, 0.25) is 0 Å². The summed E-state index contributed by atoms with van der Waals surface area (Å²) < 4.78 is 1.56. The molecule has 0 bridgehead atoms. The van der Waals surface area contributed by atoms with Gasteiger partial charge in [0, 0.05) is 20.0 Å². The highest BCUT2D eigenvalue weighted by Gasteiger charge is 2.31. The molecular formula is C14H16I2N2. The molecule has 0 atom stereocenters. The van der Waals surface area contributed by atoms with Crippen LogP contribution < -0.4 is 0 Å². The first kappa shape index (κ1) is 14.5. The maximum atomic E-state index is 8.85. The summed E-state index contributed by atoms with van der Waals surface area (Å²) in [5.74, 6) is 0. The summed E-state index contributed by atoms with van der Waals surface area (Å²) in [5.41, 5.74) is 1.42. The van der Waals surface area contributed by atoms with Crippen LogP contribution in [0.1, 0.15) is 24.8 Å². The molecule has 1 fully saturated rings. The van der Waals surface area contributed by atoms with Crippen molar-refractivity contribution in [3.63, 3.8) is 0 Å². The summed E-state index contributed by atoms with van der Waals surface area (Å²) in [6, 6.07) is 10.9. The Morgan fingerprint density at radius 3 is 2.56 bits per heavy atom. The number of hydrogen-bond donors (Lipinski definition) is 0. The molecule has 0 spiro atoms. The fourth-order valence-corrected chi connectivity index (χ4v) is 3.51. The molecule has 0 N–H and O–H groups in total. The van der Waals surface area contributed by atoms with E-state index in [0.717, 1.165) is 32.5 Å². The minimum Gasteiger partial charge on any atom is -0.299 e. The molecule has 1 heterocycles. The lowest BCUT2D eigenvalue weighted by atomic mass is 9.94. The van der Waals surface area contributed by atoms with Gasteiger partial charge in [-0.05, 0) is 60.2 Å². The zero-order chi connectivity index (χ0) is 13.0. The number of benzene rings is 1. The summed E-state index contributed by atoms with van der Waals surface area (Å²) in [6.45, 7) is 3.25. The molecule has 18 heavy (non-hydrogen) atoms. The van der Waals surface area contributed by atoms with Crippen molar-refractivity contribution in [1.29, 1.82) is 5.26 Å². The van der Waals surface area contributed by atoms with Crippen LogP contribution in [0, 0.1) is 14.9 Å².